The highest BCUT2D eigenvalue weighted by molar-refractivity contribution is 6.07. The van der Waals surface area contributed by atoms with Gasteiger partial charge in [0.1, 0.15) is 5.76 Å². The van der Waals surface area contributed by atoms with Gasteiger partial charge in [0.15, 0.2) is 0 Å². The number of nitrogens with zero attached hydrogens (tertiary/aromatic N) is 2. The molecule has 5 heteroatoms. The number of hydrogen-bond acceptors (Lipinski definition) is 4. The zero-order valence-corrected chi connectivity index (χ0v) is 14.9. The molecule has 4 aromatic rings. The SMILES string of the molecule is CC(Cc1ccco1)NC(=O)c1cc(-c2cccnc2)nc2ccccc12. The summed E-state index contributed by atoms with van der Waals surface area (Å²) < 4.78 is 5.37. The summed E-state index contributed by atoms with van der Waals surface area (Å²) in [4.78, 5) is 21.8. The fourth-order valence-corrected chi connectivity index (χ4v) is 3.11. The quantitative estimate of drug-likeness (QED) is 0.580. The Hall–Kier alpha value is -3.47. The number of fused-ring (bicyclic) bond motifs is 1. The van der Waals surface area contributed by atoms with Crippen molar-refractivity contribution in [2.24, 2.45) is 0 Å². The van der Waals surface area contributed by atoms with E-state index in [1.54, 1.807) is 18.7 Å². The molecule has 0 radical (unpaired) electrons. The maximum atomic E-state index is 13.0. The van der Waals surface area contributed by atoms with Crippen LogP contribution in [0, 0.1) is 0 Å². The van der Waals surface area contributed by atoms with E-state index in [9.17, 15) is 4.79 Å². The molecule has 134 valence electrons. The first-order valence-corrected chi connectivity index (χ1v) is 8.84. The van der Waals surface area contributed by atoms with E-state index in [2.05, 4.69) is 10.3 Å². The van der Waals surface area contributed by atoms with Crippen LogP contribution in [0.1, 0.15) is 23.0 Å². The van der Waals surface area contributed by atoms with Crippen LogP contribution in [0.15, 0.2) is 77.7 Å². The Bertz CT molecular complexity index is 1060. The third kappa shape index (κ3) is 3.72. The Labute approximate surface area is 157 Å². The normalized spacial score (nSPS) is 12.0. The number of rotatable bonds is 5. The molecule has 3 aromatic heterocycles. The first kappa shape index (κ1) is 17.0. The Balaban J connectivity index is 1.68. The number of carbonyl (C=O) groups excluding carboxylic acids is 1. The summed E-state index contributed by atoms with van der Waals surface area (Å²) >= 11 is 0. The van der Waals surface area contributed by atoms with Crippen molar-refractivity contribution in [3.05, 3.63) is 84.6 Å². The van der Waals surface area contributed by atoms with E-state index in [-0.39, 0.29) is 11.9 Å². The fraction of sp³-hybridized carbons (Fsp3) is 0.136. The largest absolute Gasteiger partial charge is 0.469 e. The van der Waals surface area contributed by atoms with Gasteiger partial charge in [-0.25, -0.2) is 4.98 Å². The number of benzene rings is 1. The van der Waals surface area contributed by atoms with Crippen molar-refractivity contribution in [1.82, 2.24) is 15.3 Å². The number of aromatic nitrogens is 2. The number of hydrogen-bond donors (Lipinski definition) is 1. The lowest BCUT2D eigenvalue weighted by molar-refractivity contribution is 0.0941. The monoisotopic (exact) mass is 357 g/mol. The maximum absolute atomic E-state index is 13.0. The van der Waals surface area contributed by atoms with Gasteiger partial charge in [-0.1, -0.05) is 18.2 Å². The molecule has 1 unspecified atom stereocenters. The molecule has 1 atom stereocenters. The molecule has 5 nitrogen and oxygen atoms in total. The van der Waals surface area contributed by atoms with Crippen molar-refractivity contribution in [3.8, 4) is 11.3 Å². The highest BCUT2D eigenvalue weighted by Crippen LogP contribution is 2.24. The van der Waals surface area contributed by atoms with E-state index in [4.69, 9.17) is 9.40 Å². The zero-order chi connectivity index (χ0) is 18.6. The lowest BCUT2D eigenvalue weighted by Gasteiger charge is -2.15. The van der Waals surface area contributed by atoms with E-state index >= 15 is 0 Å². The van der Waals surface area contributed by atoms with Crippen molar-refractivity contribution < 1.29 is 9.21 Å². The van der Waals surface area contributed by atoms with Gasteiger partial charge < -0.3 is 9.73 Å². The summed E-state index contributed by atoms with van der Waals surface area (Å²) in [5.41, 5.74) is 2.99. The average Bonchev–Trinajstić information content (AvgIpc) is 3.20. The third-order valence-corrected chi connectivity index (χ3v) is 4.38. The number of pyridine rings is 2. The molecule has 0 aliphatic carbocycles. The van der Waals surface area contributed by atoms with Gasteiger partial charge in [-0.05, 0) is 43.3 Å². The molecule has 0 fully saturated rings. The number of carbonyl (C=O) groups is 1. The first-order valence-electron chi connectivity index (χ1n) is 8.84. The van der Waals surface area contributed by atoms with Crippen LogP contribution in [0.2, 0.25) is 0 Å². The topological polar surface area (TPSA) is 68.0 Å². The molecule has 1 amide bonds. The van der Waals surface area contributed by atoms with E-state index in [1.165, 1.54) is 0 Å². The van der Waals surface area contributed by atoms with E-state index < -0.39 is 0 Å². The van der Waals surface area contributed by atoms with E-state index in [1.807, 2.05) is 61.5 Å². The van der Waals surface area contributed by atoms with Gasteiger partial charge >= 0.3 is 0 Å². The van der Waals surface area contributed by atoms with E-state index in [0.29, 0.717) is 12.0 Å². The second-order valence-electron chi connectivity index (χ2n) is 6.47. The minimum absolute atomic E-state index is 0.0579. The standard InChI is InChI=1S/C22H19N3O2/c1-15(12-17-7-5-11-27-17)24-22(26)19-13-21(16-6-4-10-23-14-16)25-20-9-3-2-8-18(19)20/h2-11,13-15H,12H2,1H3,(H,24,26). The Morgan fingerprint density at radius 1 is 1.15 bits per heavy atom. The van der Waals surface area contributed by atoms with Crippen LogP contribution in [0.4, 0.5) is 0 Å². The van der Waals surface area contributed by atoms with Crippen molar-refractivity contribution >= 4 is 16.8 Å². The molecule has 0 aliphatic rings. The van der Waals surface area contributed by atoms with Crippen molar-refractivity contribution in [2.75, 3.05) is 0 Å². The minimum Gasteiger partial charge on any atom is -0.469 e. The predicted molar refractivity (Wildman–Crippen MR) is 104 cm³/mol. The summed E-state index contributed by atoms with van der Waals surface area (Å²) in [5.74, 6) is 0.719. The van der Waals surface area contributed by atoms with Crippen LogP contribution in [-0.2, 0) is 6.42 Å². The van der Waals surface area contributed by atoms with Crippen LogP contribution in [0.3, 0.4) is 0 Å². The molecule has 3 heterocycles. The Morgan fingerprint density at radius 2 is 2.04 bits per heavy atom. The molecule has 0 aliphatic heterocycles. The Kier molecular flexibility index (Phi) is 4.66. The number of para-hydroxylation sites is 1. The molecule has 27 heavy (non-hydrogen) atoms. The van der Waals surface area contributed by atoms with Gasteiger partial charge in [0.2, 0.25) is 0 Å². The predicted octanol–water partition coefficient (Wildman–Crippen LogP) is 4.25. The highest BCUT2D eigenvalue weighted by Gasteiger charge is 2.16. The van der Waals surface area contributed by atoms with Crippen molar-refractivity contribution in [3.63, 3.8) is 0 Å². The minimum atomic E-state index is -0.127. The van der Waals surface area contributed by atoms with Crippen molar-refractivity contribution in [1.29, 1.82) is 0 Å². The van der Waals surface area contributed by atoms with Crippen LogP contribution in [0.5, 0.6) is 0 Å². The third-order valence-electron chi connectivity index (χ3n) is 4.38. The molecule has 1 aromatic carbocycles. The van der Waals surface area contributed by atoms with Crippen LogP contribution in [0.25, 0.3) is 22.2 Å². The Morgan fingerprint density at radius 3 is 2.81 bits per heavy atom. The summed E-state index contributed by atoms with van der Waals surface area (Å²) in [5, 5.41) is 3.89. The molecule has 0 spiro atoms. The molecular formula is C22H19N3O2. The molecule has 0 bridgehead atoms. The highest BCUT2D eigenvalue weighted by atomic mass is 16.3. The number of nitrogens with one attached hydrogen (secondary N) is 1. The zero-order valence-electron chi connectivity index (χ0n) is 14.9. The smallest absolute Gasteiger partial charge is 0.252 e. The lowest BCUT2D eigenvalue weighted by Crippen LogP contribution is -2.34. The van der Waals surface area contributed by atoms with Gasteiger partial charge in [-0.15, -0.1) is 0 Å². The molecule has 1 N–H and O–H groups in total. The second kappa shape index (κ2) is 7.41. The van der Waals surface area contributed by atoms with E-state index in [0.717, 1.165) is 27.9 Å². The summed E-state index contributed by atoms with van der Waals surface area (Å²) in [6, 6.07) is 17.0. The molecule has 0 saturated heterocycles. The second-order valence-corrected chi connectivity index (χ2v) is 6.47. The van der Waals surface area contributed by atoms with Gasteiger partial charge in [-0.2, -0.15) is 0 Å². The number of furan rings is 1. The van der Waals surface area contributed by atoms with Crippen molar-refractivity contribution in [2.45, 2.75) is 19.4 Å². The van der Waals surface area contributed by atoms with Gasteiger partial charge in [-0.3, -0.25) is 9.78 Å². The summed E-state index contributed by atoms with van der Waals surface area (Å²) in [6.07, 6.45) is 5.74. The van der Waals surface area contributed by atoms with Gasteiger partial charge in [0.05, 0.1) is 23.0 Å². The van der Waals surface area contributed by atoms with Gasteiger partial charge in [0.25, 0.3) is 5.91 Å². The van der Waals surface area contributed by atoms with Crippen LogP contribution < -0.4 is 5.32 Å². The average molecular weight is 357 g/mol. The molecule has 0 saturated carbocycles. The summed E-state index contributed by atoms with van der Waals surface area (Å²) in [7, 11) is 0. The number of amides is 1. The van der Waals surface area contributed by atoms with Crippen LogP contribution in [-0.4, -0.2) is 21.9 Å². The molecule has 4 rings (SSSR count). The fourth-order valence-electron chi connectivity index (χ4n) is 3.11. The maximum Gasteiger partial charge on any atom is 0.252 e. The molecular weight excluding hydrogens is 338 g/mol. The first-order chi connectivity index (χ1) is 13.2. The van der Waals surface area contributed by atoms with Crippen LogP contribution >= 0.6 is 0 Å². The summed E-state index contributed by atoms with van der Waals surface area (Å²) in [6.45, 7) is 1.96. The van der Waals surface area contributed by atoms with Gasteiger partial charge in [0, 0.05) is 35.8 Å². The lowest BCUT2D eigenvalue weighted by atomic mass is 10.0.